The molecule has 5 rings (SSSR count). The smallest absolute Gasteiger partial charge is 0.289 e. The van der Waals surface area contributed by atoms with Crippen molar-refractivity contribution in [1.82, 2.24) is 19.8 Å². The largest absolute Gasteiger partial charge is 0.379 e. The maximum absolute atomic E-state index is 13.0. The number of aryl methyl sites for hydroxylation is 1. The second-order valence-electron chi connectivity index (χ2n) is 8.73. The van der Waals surface area contributed by atoms with Crippen LogP contribution < -0.4 is 10.6 Å². The van der Waals surface area contributed by atoms with Crippen molar-refractivity contribution in [3.8, 4) is 0 Å². The summed E-state index contributed by atoms with van der Waals surface area (Å²) >= 11 is 1.46. The lowest BCUT2D eigenvalue weighted by atomic mass is 10.1. The summed E-state index contributed by atoms with van der Waals surface area (Å²) in [4.78, 5) is 17.1. The monoisotopic (exact) mass is 505 g/mol. The molecule has 0 bridgehead atoms. The first kappa shape index (κ1) is 23.2. The van der Waals surface area contributed by atoms with E-state index in [1.54, 1.807) is 31.2 Å². The molecule has 2 fully saturated rings. The fraction of sp³-hybridized carbons (Fsp3) is 0.500. The van der Waals surface area contributed by atoms with E-state index in [1.807, 2.05) is 0 Å². The predicted octanol–water partition coefficient (Wildman–Crippen LogP) is 2.62. The predicted molar refractivity (Wildman–Crippen MR) is 128 cm³/mol. The molecule has 1 aliphatic heterocycles. The van der Waals surface area contributed by atoms with Gasteiger partial charge in [0.15, 0.2) is 5.13 Å². The van der Waals surface area contributed by atoms with Gasteiger partial charge in [-0.3, -0.25) is 4.79 Å². The van der Waals surface area contributed by atoms with Gasteiger partial charge in [0.05, 0.1) is 34.0 Å². The molecule has 1 saturated carbocycles. The summed E-state index contributed by atoms with van der Waals surface area (Å²) in [6.07, 6.45) is 2.90. The number of aromatic nitrogens is 2. The van der Waals surface area contributed by atoms with Crippen LogP contribution in [0.25, 0.3) is 10.2 Å². The molecule has 1 aromatic carbocycles. The number of ether oxygens (including phenoxy) is 1. The van der Waals surface area contributed by atoms with E-state index < -0.39 is 10.0 Å². The number of benzene rings is 1. The summed E-state index contributed by atoms with van der Waals surface area (Å²) in [5.74, 6) is 0.353. The Labute approximate surface area is 201 Å². The molecule has 1 amide bonds. The molecule has 10 nitrogen and oxygen atoms in total. The first-order valence-electron chi connectivity index (χ1n) is 11.3. The highest BCUT2D eigenvalue weighted by Crippen LogP contribution is 2.33. The number of hydrogen-bond donors (Lipinski definition) is 2. The molecule has 1 aliphatic carbocycles. The average molecular weight is 506 g/mol. The second-order valence-corrected chi connectivity index (χ2v) is 11.7. The molecular weight excluding hydrogens is 478 g/mol. The third kappa shape index (κ3) is 4.95. The van der Waals surface area contributed by atoms with Crippen LogP contribution in [0, 0.1) is 12.8 Å². The molecule has 3 heterocycles. The summed E-state index contributed by atoms with van der Waals surface area (Å²) in [6, 6.07) is 6.98. The maximum Gasteiger partial charge on any atom is 0.289 e. The second kappa shape index (κ2) is 9.61. The zero-order valence-corrected chi connectivity index (χ0v) is 20.5. The standard InChI is InChI=1S/C22H27N5O5S2/c1-14-10-19(32-26-14)21(28)23-13-15-2-3-16(11-15)24-22-25-18-5-4-17(12-20(18)33-22)34(29,30)27-6-8-31-9-7-27/h4-5,10,12,15-16H,2-3,6-9,11,13H2,1H3,(H,23,28)(H,24,25)/t15-,16+/m0/s1. The first-order chi connectivity index (χ1) is 16.4. The summed E-state index contributed by atoms with van der Waals surface area (Å²) < 4.78 is 38.5. The van der Waals surface area contributed by atoms with Gasteiger partial charge in [0, 0.05) is 31.7 Å². The number of sulfonamides is 1. The number of rotatable bonds is 7. The number of thiazole rings is 1. The molecule has 2 aromatic heterocycles. The Bertz CT molecular complexity index is 1280. The molecule has 2 aliphatic rings. The Kier molecular flexibility index (Phi) is 6.56. The van der Waals surface area contributed by atoms with E-state index in [9.17, 15) is 13.2 Å². The highest BCUT2D eigenvalue weighted by Gasteiger charge is 2.28. The van der Waals surface area contributed by atoms with Crippen LogP contribution in [0.3, 0.4) is 0 Å². The van der Waals surface area contributed by atoms with Crippen LogP contribution in [0.15, 0.2) is 33.7 Å². The highest BCUT2D eigenvalue weighted by atomic mass is 32.2. The number of hydrogen-bond acceptors (Lipinski definition) is 9. The molecule has 1 saturated heterocycles. The maximum atomic E-state index is 13.0. The molecule has 3 aromatic rings. The van der Waals surface area contributed by atoms with Crippen LogP contribution in [0.1, 0.15) is 35.5 Å². The third-order valence-corrected chi connectivity index (χ3v) is 9.08. The van der Waals surface area contributed by atoms with Crippen LogP contribution in [-0.2, 0) is 14.8 Å². The van der Waals surface area contributed by atoms with Gasteiger partial charge in [-0.25, -0.2) is 13.4 Å². The molecule has 182 valence electrons. The fourth-order valence-electron chi connectivity index (χ4n) is 4.42. The Morgan fingerprint density at radius 3 is 2.82 bits per heavy atom. The first-order valence-corrected chi connectivity index (χ1v) is 13.6. The quantitative estimate of drug-likeness (QED) is 0.502. The van der Waals surface area contributed by atoms with Crippen molar-refractivity contribution in [1.29, 1.82) is 0 Å². The topological polar surface area (TPSA) is 127 Å². The van der Waals surface area contributed by atoms with Gasteiger partial charge < -0.3 is 19.9 Å². The zero-order valence-electron chi connectivity index (χ0n) is 18.8. The van der Waals surface area contributed by atoms with Crippen molar-refractivity contribution in [3.05, 3.63) is 35.7 Å². The molecule has 34 heavy (non-hydrogen) atoms. The number of nitrogens with zero attached hydrogens (tertiary/aromatic N) is 3. The van der Waals surface area contributed by atoms with E-state index in [2.05, 4.69) is 20.8 Å². The van der Waals surface area contributed by atoms with Gasteiger partial charge in [-0.15, -0.1) is 0 Å². The summed E-state index contributed by atoms with van der Waals surface area (Å²) in [7, 11) is -3.54. The highest BCUT2D eigenvalue weighted by molar-refractivity contribution is 7.89. The number of carbonyl (C=O) groups excluding carboxylic acids is 1. The molecule has 0 radical (unpaired) electrons. The van der Waals surface area contributed by atoms with Crippen molar-refractivity contribution < 1.29 is 22.5 Å². The Morgan fingerprint density at radius 1 is 1.24 bits per heavy atom. The van der Waals surface area contributed by atoms with Crippen molar-refractivity contribution >= 4 is 42.6 Å². The van der Waals surface area contributed by atoms with Gasteiger partial charge in [-0.05, 0) is 50.3 Å². The van der Waals surface area contributed by atoms with Crippen LogP contribution in [0.4, 0.5) is 5.13 Å². The normalized spacial score (nSPS) is 21.7. The molecular formula is C22H27N5O5S2. The summed E-state index contributed by atoms with van der Waals surface area (Å²) in [5, 5.41) is 10.9. The number of carbonyl (C=O) groups is 1. The van der Waals surface area contributed by atoms with E-state index in [1.165, 1.54) is 15.6 Å². The van der Waals surface area contributed by atoms with Gasteiger partial charge in [0.25, 0.3) is 5.91 Å². The lowest BCUT2D eigenvalue weighted by molar-refractivity contribution is 0.0730. The van der Waals surface area contributed by atoms with Crippen LogP contribution in [0.2, 0.25) is 0 Å². The van der Waals surface area contributed by atoms with Gasteiger partial charge in [0.1, 0.15) is 0 Å². The fourth-order valence-corrected chi connectivity index (χ4v) is 6.92. The van der Waals surface area contributed by atoms with Crippen molar-refractivity contribution in [2.24, 2.45) is 5.92 Å². The van der Waals surface area contributed by atoms with Gasteiger partial charge in [-0.1, -0.05) is 16.5 Å². The minimum Gasteiger partial charge on any atom is -0.379 e. The van der Waals surface area contributed by atoms with Crippen molar-refractivity contribution in [2.75, 3.05) is 38.2 Å². The van der Waals surface area contributed by atoms with E-state index in [0.29, 0.717) is 44.5 Å². The molecule has 2 atom stereocenters. The van der Waals surface area contributed by atoms with E-state index in [0.717, 1.165) is 34.6 Å². The number of amides is 1. The summed E-state index contributed by atoms with van der Waals surface area (Å²) in [6.45, 7) is 3.94. The van der Waals surface area contributed by atoms with Crippen molar-refractivity contribution in [2.45, 2.75) is 37.1 Å². The zero-order chi connectivity index (χ0) is 23.7. The number of anilines is 1. The van der Waals surface area contributed by atoms with Crippen LogP contribution in [0.5, 0.6) is 0 Å². The van der Waals surface area contributed by atoms with Gasteiger partial charge in [0.2, 0.25) is 15.8 Å². The van der Waals surface area contributed by atoms with Crippen LogP contribution >= 0.6 is 11.3 Å². The van der Waals surface area contributed by atoms with Gasteiger partial charge >= 0.3 is 0 Å². The minimum absolute atomic E-state index is 0.231. The van der Waals surface area contributed by atoms with E-state index in [-0.39, 0.29) is 22.6 Å². The summed E-state index contributed by atoms with van der Waals surface area (Å²) in [5.41, 5.74) is 1.45. The Hall–Kier alpha value is -2.54. The SMILES string of the molecule is Cc1cc(C(=O)NC[C@H]2CC[C@@H](Nc3nc4ccc(S(=O)(=O)N5CCOCC5)cc4s3)C2)on1. The third-order valence-electron chi connectivity index (χ3n) is 6.24. The lowest BCUT2D eigenvalue weighted by Gasteiger charge is -2.25. The lowest BCUT2D eigenvalue weighted by Crippen LogP contribution is -2.40. The average Bonchev–Trinajstić information content (AvgIpc) is 3.57. The van der Waals surface area contributed by atoms with E-state index in [4.69, 9.17) is 9.26 Å². The Morgan fingerprint density at radius 2 is 2.06 bits per heavy atom. The van der Waals surface area contributed by atoms with Crippen molar-refractivity contribution in [3.63, 3.8) is 0 Å². The Balaban J connectivity index is 1.19. The molecule has 12 heteroatoms. The molecule has 0 unspecified atom stereocenters. The number of nitrogens with one attached hydrogen (secondary N) is 2. The van der Waals surface area contributed by atoms with Gasteiger partial charge in [-0.2, -0.15) is 4.31 Å². The minimum atomic E-state index is -3.54. The number of fused-ring (bicyclic) bond motifs is 1. The van der Waals surface area contributed by atoms with E-state index >= 15 is 0 Å². The molecule has 0 spiro atoms. The molecule has 2 N–H and O–H groups in total. The number of morpholine rings is 1. The van der Waals surface area contributed by atoms with Crippen LogP contribution in [-0.4, -0.2) is 67.7 Å².